The van der Waals surface area contributed by atoms with Crippen LogP contribution in [0.4, 0.5) is 13.2 Å². The van der Waals surface area contributed by atoms with Gasteiger partial charge in [-0.1, -0.05) is 6.92 Å². The summed E-state index contributed by atoms with van der Waals surface area (Å²) in [5.41, 5.74) is -0.593. The Morgan fingerprint density at radius 3 is 2.25 bits per heavy atom. The lowest BCUT2D eigenvalue weighted by atomic mass is 9.95. The van der Waals surface area contributed by atoms with Crippen molar-refractivity contribution in [3.8, 4) is 0 Å². The largest absolute Gasteiger partial charge is 0.416 e. The molecule has 9 heteroatoms. The van der Waals surface area contributed by atoms with Gasteiger partial charge in [0.15, 0.2) is 0 Å². The first-order valence-electron chi connectivity index (χ1n) is 11.2. The van der Waals surface area contributed by atoms with Gasteiger partial charge in [-0.25, -0.2) is 0 Å². The molecule has 0 saturated carbocycles. The molecule has 2 heterocycles. The summed E-state index contributed by atoms with van der Waals surface area (Å²) in [5, 5.41) is 2.83. The fraction of sp³-hybridized carbons (Fsp3) is 0.609. The molecule has 2 aliphatic heterocycles. The standard InChI is InChI=1S/C23H30F3N3O3/c1-16-3-2-12-29(15-16)20(30)8-11-27-21(31)17-9-13-28(14-10-17)22(32)18-4-6-19(7-5-18)23(24,25)26/h4-7,16-17H,2-3,8-15H2,1H3,(H,27,31). The van der Waals surface area contributed by atoms with Gasteiger partial charge < -0.3 is 15.1 Å². The number of halogens is 3. The molecular formula is C23H30F3N3O3. The molecule has 2 saturated heterocycles. The Balaban J connectivity index is 1.40. The van der Waals surface area contributed by atoms with E-state index in [-0.39, 0.29) is 35.6 Å². The predicted octanol–water partition coefficient (Wildman–Crippen LogP) is 3.32. The third-order valence-corrected chi connectivity index (χ3v) is 6.26. The van der Waals surface area contributed by atoms with E-state index < -0.39 is 11.7 Å². The fourth-order valence-corrected chi connectivity index (χ4v) is 4.34. The lowest BCUT2D eigenvalue weighted by molar-refractivity contribution is -0.137. The van der Waals surface area contributed by atoms with Gasteiger partial charge in [-0.05, 0) is 55.9 Å². The maximum atomic E-state index is 12.7. The number of carbonyl (C=O) groups is 3. The van der Waals surface area contributed by atoms with Crippen LogP contribution in [0.1, 0.15) is 54.9 Å². The number of nitrogens with zero attached hydrogens (tertiary/aromatic N) is 2. The molecule has 0 aliphatic carbocycles. The quantitative estimate of drug-likeness (QED) is 0.744. The Morgan fingerprint density at radius 2 is 1.66 bits per heavy atom. The molecule has 0 radical (unpaired) electrons. The monoisotopic (exact) mass is 453 g/mol. The zero-order valence-electron chi connectivity index (χ0n) is 18.3. The first kappa shape index (κ1) is 24.1. The van der Waals surface area contributed by atoms with Crippen LogP contribution in [0.2, 0.25) is 0 Å². The van der Waals surface area contributed by atoms with Gasteiger partial charge in [0.25, 0.3) is 5.91 Å². The zero-order valence-corrected chi connectivity index (χ0v) is 18.3. The minimum absolute atomic E-state index is 0.0637. The van der Waals surface area contributed by atoms with Gasteiger partial charge >= 0.3 is 6.18 Å². The number of rotatable bonds is 5. The second-order valence-electron chi connectivity index (χ2n) is 8.77. The van der Waals surface area contributed by atoms with E-state index in [1.165, 1.54) is 12.1 Å². The zero-order chi connectivity index (χ0) is 23.3. The van der Waals surface area contributed by atoms with E-state index in [2.05, 4.69) is 12.2 Å². The van der Waals surface area contributed by atoms with E-state index in [0.29, 0.717) is 38.4 Å². The summed E-state index contributed by atoms with van der Waals surface area (Å²) in [6, 6.07) is 4.17. The normalized spacial score (nSPS) is 20.2. The van der Waals surface area contributed by atoms with Gasteiger partial charge in [-0.3, -0.25) is 14.4 Å². The van der Waals surface area contributed by atoms with E-state index >= 15 is 0 Å². The van der Waals surface area contributed by atoms with Crippen LogP contribution >= 0.6 is 0 Å². The van der Waals surface area contributed by atoms with Crippen LogP contribution in [0.15, 0.2) is 24.3 Å². The molecule has 32 heavy (non-hydrogen) atoms. The van der Waals surface area contributed by atoms with Crippen LogP contribution < -0.4 is 5.32 Å². The molecule has 176 valence electrons. The summed E-state index contributed by atoms with van der Waals surface area (Å²) < 4.78 is 38.0. The molecule has 3 rings (SSSR count). The van der Waals surface area contributed by atoms with Crippen LogP contribution in [-0.2, 0) is 15.8 Å². The number of alkyl halides is 3. The number of piperidine rings is 2. The summed E-state index contributed by atoms with van der Waals surface area (Å²) >= 11 is 0. The van der Waals surface area contributed by atoms with Gasteiger partial charge in [0, 0.05) is 50.6 Å². The van der Waals surface area contributed by atoms with Crippen LogP contribution in [0.25, 0.3) is 0 Å². The molecule has 2 fully saturated rings. The van der Waals surface area contributed by atoms with Crippen molar-refractivity contribution in [3.63, 3.8) is 0 Å². The number of hydrogen-bond acceptors (Lipinski definition) is 3. The number of nitrogens with one attached hydrogen (secondary N) is 1. The molecule has 3 amide bonds. The molecular weight excluding hydrogens is 423 g/mol. The molecule has 0 bridgehead atoms. The van der Waals surface area contributed by atoms with Gasteiger partial charge in [-0.15, -0.1) is 0 Å². The summed E-state index contributed by atoms with van der Waals surface area (Å²) in [5.74, 6) is -0.117. The number of benzene rings is 1. The van der Waals surface area contributed by atoms with E-state index in [9.17, 15) is 27.6 Å². The van der Waals surface area contributed by atoms with E-state index in [4.69, 9.17) is 0 Å². The van der Waals surface area contributed by atoms with E-state index in [1.54, 1.807) is 4.90 Å². The van der Waals surface area contributed by atoms with Crippen molar-refractivity contribution in [1.82, 2.24) is 15.1 Å². The molecule has 1 atom stereocenters. The van der Waals surface area contributed by atoms with Crippen LogP contribution in [0.5, 0.6) is 0 Å². The average molecular weight is 454 g/mol. The van der Waals surface area contributed by atoms with Crippen molar-refractivity contribution in [2.45, 2.75) is 45.2 Å². The Hall–Kier alpha value is -2.58. The lowest BCUT2D eigenvalue weighted by Gasteiger charge is -2.32. The molecule has 2 aliphatic rings. The Bertz CT molecular complexity index is 818. The van der Waals surface area contributed by atoms with Gasteiger partial charge in [0.1, 0.15) is 0 Å². The van der Waals surface area contributed by atoms with Crippen molar-refractivity contribution in [2.24, 2.45) is 11.8 Å². The highest BCUT2D eigenvalue weighted by Crippen LogP contribution is 2.29. The van der Waals surface area contributed by atoms with E-state index in [1.807, 2.05) is 4.90 Å². The lowest BCUT2D eigenvalue weighted by Crippen LogP contribution is -2.44. The third-order valence-electron chi connectivity index (χ3n) is 6.26. The van der Waals surface area contributed by atoms with Gasteiger partial charge in [0.2, 0.25) is 11.8 Å². The Morgan fingerprint density at radius 1 is 1.00 bits per heavy atom. The van der Waals surface area contributed by atoms with Gasteiger partial charge in [-0.2, -0.15) is 13.2 Å². The summed E-state index contributed by atoms with van der Waals surface area (Å²) in [4.78, 5) is 40.7. The highest BCUT2D eigenvalue weighted by atomic mass is 19.4. The highest BCUT2D eigenvalue weighted by Gasteiger charge is 2.31. The van der Waals surface area contributed by atoms with Crippen molar-refractivity contribution < 1.29 is 27.6 Å². The molecule has 0 aromatic heterocycles. The van der Waals surface area contributed by atoms with Crippen LogP contribution in [0.3, 0.4) is 0 Å². The number of amides is 3. The van der Waals surface area contributed by atoms with Gasteiger partial charge in [0.05, 0.1) is 5.56 Å². The molecule has 6 nitrogen and oxygen atoms in total. The highest BCUT2D eigenvalue weighted by molar-refractivity contribution is 5.94. The second-order valence-corrected chi connectivity index (χ2v) is 8.77. The summed E-state index contributed by atoms with van der Waals surface area (Å²) in [6.45, 7) is 4.72. The first-order valence-corrected chi connectivity index (χ1v) is 11.2. The van der Waals surface area contributed by atoms with Crippen molar-refractivity contribution in [2.75, 3.05) is 32.7 Å². The van der Waals surface area contributed by atoms with Crippen LogP contribution in [0, 0.1) is 11.8 Å². The smallest absolute Gasteiger partial charge is 0.355 e. The predicted molar refractivity (Wildman–Crippen MR) is 113 cm³/mol. The number of carbonyl (C=O) groups excluding carboxylic acids is 3. The topological polar surface area (TPSA) is 69.7 Å². The van der Waals surface area contributed by atoms with Crippen molar-refractivity contribution >= 4 is 17.7 Å². The molecule has 0 spiro atoms. The molecule has 1 aromatic rings. The summed E-state index contributed by atoms with van der Waals surface area (Å²) in [7, 11) is 0. The average Bonchev–Trinajstić information content (AvgIpc) is 2.78. The van der Waals surface area contributed by atoms with Crippen molar-refractivity contribution in [1.29, 1.82) is 0 Å². The number of likely N-dealkylation sites (tertiary alicyclic amines) is 2. The van der Waals surface area contributed by atoms with Crippen molar-refractivity contribution in [3.05, 3.63) is 35.4 Å². The SMILES string of the molecule is CC1CCCN(C(=O)CCNC(=O)C2CCN(C(=O)c3ccc(C(F)(F)F)cc3)CC2)C1. The fourth-order valence-electron chi connectivity index (χ4n) is 4.34. The maximum absolute atomic E-state index is 12.7. The minimum Gasteiger partial charge on any atom is -0.355 e. The first-order chi connectivity index (χ1) is 15.1. The molecule has 1 N–H and O–H groups in total. The van der Waals surface area contributed by atoms with E-state index in [0.717, 1.165) is 38.1 Å². The Labute approximate surface area is 186 Å². The third kappa shape index (κ3) is 6.23. The maximum Gasteiger partial charge on any atom is 0.416 e. The van der Waals surface area contributed by atoms with Crippen LogP contribution in [-0.4, -0.2) is 60.2 Å². The Kier molecular flexibility index (Phi) is 7.79. The number of hydrogen-bond donors (Lipinski definition) is 1. The summed E-state index contributed by atoms with van der Waals surface area (Å²) in [6.07, 6.45) is -1.04. The molecule has 1 aromatic carbocycles. The molecule has 1 unspecified atom stereocenters. The second kappa shape index (κ2) is 10.4. The minimum atomic E-state index is -4.44.